The number of nitrogens with zero attached hydrogens (tertiary/aromatic N) is 6. The summed E-state index contributed by atoms with van der Waals surface area (Å²) in [5.74, 6) is 2.01. The Morgan fingerprint density at radius 2 is 1.46 bits per heavy atom. The maximum absolute atomic E-state index is 9.65. The SMILES string of the molecule is COc1ccc(C(OC[C@H]2O[C@@H](n3cnc4cnc(NC5CCCC5)nc43)[C@H](O[Si](C)(C)C(C)(C)C)[C@@H]2OP(OCCC#N)N(C(C)C)C(C)C)(c2ccccc2)c2ccc(OC)cc2)cc1. The maximum atomic E-state index is 9.65. The van der Waals surface area contributed by atoms with Crippen LogP contribution in [0.4, 0.5) is 5.95 Å². The lowest BCUT2D eigenvalue weighted by Gasteiger charge is -2.42. The van der Waals surface area contributed by atoms with Gasteiger partial charge in [0.15, 0.2) is 20.2 Å². The van der Waals surface area contributed by atoms with Crippen molar-refractivity contribution >= 4 is 34.0 Å². The van der Waals surface area contributed by atoms with Crippen molar-refractivity contribution in [2.75, 3.05) is 32.8 Å². The number of hydrogen-bond acceptors (Lipinski definition) is 13. The Labute approximate surface area is 399 Å². The van der Waals surface area contributed by atoms with Crippen molar-refractivity contribution in [3.05, 3.63) is 108 Å². The Bertz CT molecular complexity index is 2330. The van der Waals surface area contributed by atoms with Crippen molar-refractivity contribution in [3.8, 4) is 17.6 Å². The first-order valence-electron chi connectivity index (χ1n) is 23.6. The molecule has 1 N–H and O–H groups in total. The van der Waals surface area contributed by atoms with E-state index in [9.17, 15) is 5.26 Å². The quantitative estimate of drug-likeness (QED) is 0.0322. The molecule has 14 nitrogen and oxygen atoms in total. The number of nitriles is 1. The topological polar surface area (TPSA) is 147 Å². The number of hydrogen-bond donors (Lipinski definition) is 1. The number of ether oxygens (including phenoxy) is 4. The second kappa shape index (κ2) is 21.9. The van der Waals surface area contributed by atoms with Gasteiger partial charge in [-0.05, 0) is 99.6 Å². The van der Waals surface area contributed by atoms with Crippen molar-refractivity contribution in [2.24, 2.45) is 0 Å². The smallest absolute Gasteiger partial charge is 0.259 e. The molecule has 0 bridgehead atoms. The van der Waals surface area contributed by atoms with E-state index in [0.29, 0.717) is 23.2 Å². The van der Waals surface area contributed by atoms with Crippen LogP contribution in [0.15, 0.2) is 91.4 Å². The first-order chi connectivity index (χ1) is 32.1. The van der Waals surface area contributed by atoms with E-state index in [-0.39, 0.29) is 36.8 Å². The summed E-state index contributed by atoms with van der Waals surface area (Å²) >= 11 is 0. The van der Waals surface area contributed by atoms with Gasteiger partial charge >= 0.3 is 0 Å². The second-order valence-electron chi connectivity index (χ2n) is 19.5. The van der Waals surface area contributed by atoms with E-state index in [1.165, 1.54) is 12.8 Å². The predicted octanol–water partition coefficient (Wildman–Crippen LogP) is 11.2. The molecule has 0 radical (unpaired) electrons. The zero-order valence-corrected chi connectivity index (χ0v) is 43.0. The standard InChI is InChI=1S/C51H70N7O7PSi/c1-35(2)58(36(3)4)66(62-31-17-30-52)64-45-44(33-61-51(37-18-13-12-14-19-37,38-22-26-41(59-8)27-23-38)39-24-28-42(60-9)29-25-39)63-48(46(45)65-67(10,11)50(5,6)7)57-34-54-43-32-53-49(56-47(43)57)55-40-20-15-16-21-40/h12-14,18-19,22-29,32,34-36,40,44-46,48H,15-17,20-21,31,33H2,1-11H3,(H,53,55,56)/t44-,45-,46-,48-,66?/m1/s1. The second-order valence-corrected chi connectivity index (χ2v) is 25.7. The molecule has 0 spiro atoms. The van der Waals surface area contributed by atoms with Gasteiger partial charge < -0.3 is 37.7 Å². The number of rotatable bonds is 21. The molecule has 2 aliphatic rings. The fourth-order valence-electron chi connectivity index (χ4n) is 8.85. The molecule has 16 heteroatoms. The average Bonchev–Trinajstić information content (AvgIpc) is 4.06. The monoisotopic (exact) mass is 951 g/mol. The highest BCUT2D eigenvalue weighted by atomic mass is 31.2. The summed E-state index contributed by atoms with van der Waals surface area (Å²) in [5.41, 5.74) is 2.81. The molecule has 1 unspecified atom stereocenters. The number of imidazole rings is 1. The average molecular weight is 952 g/mol. The molecule has 3 heterocycles. The largest absolute Gasteiger partial charge is 0.497 e. The lowest BCUT2D eigenvalue weighted by Crippen LogP contribution is -2.50. The third kappa shape index (κ3) is 11.2. The Hall–Kier alpha value is -4.49. The molecule has 1 saturated carbocycles. The number of fused-ring (bicyclic) bond motifs is 1. The van der Waals surface area contributed by atoms with Gasteiger partial charge in [-0.15, -0.1) is 0 Å². The minimum absolute atomic E-state index is 0.0525. The zero-order chi connectivity index (χ0) is 47.9. The van der Waals surface area contributed by atoms with Gasteiger partial charge in [-0.2, -0.15) is 10.2 Å². The van der Waals surface area contributed by atoms with Gasteiger partial charge in [-0.1, -0.05) is 88.2 Å². The number of aromatic nitrogens is 4. The third-order valence-electron chi connectivity index (χ3n) is 13.3. The fraction of sp³-hybridized carbons (Fsp3) is 0.529. The molecule has 5 atom stereocenters. The number of methoxy groups -OCH3 is 2. The van der Waals surface area contributed by atoms with Gasteiger partial charge in [0.25, 0.3) is 8.53 Å². The van der Waals surface area contributed by atoms with Crippen molar-refractivity contribution in [3.63, 3.8) is 0 Å². The van der Waals surface area contributed by atoms with Crippen molar-refractivity contribution in [2.45, 2.75) is 147 Å². The van der Waals surface area contributed by atoms with Crippen molar-refractivity contribution in [1.29, 1.82) is 5.26 Å². The van der Waals surface area contributed by atoms with Crippen LogP contribution in [0, 0.1) is 11.3 Å². The molecule has 360 valence electrons. The predicted molar refractivity (Wildman–Crippen MR) is 266 cm³/mol. The van der Waals surface area contributed by atoms with Crippen LogP contribution in [0.5, 0.6) is 11.5 Å². The molecule has 1 aliphatic carbocycles. The van der Waals surface area contributed by atoms with Crippen molar-refractivity contribution in [1.82, 2.24) is 24.2 Å². The molecule has 2 fully saturated rings. The van der Waals surface area contributed by atoms with Gasteiger partial charge in [0, 0.05) is 18.1 Å². The first-order valence-corrected chi connectivity index (χ1v) is 27.7. The molecule has 5 aromatic rings. The summed E-state index contributed by atoms with van der Waals surface area (Å²) < 4.78 is 52.2. The summed E-state index contributed by atoms with van der Waals surface area (Å²) in [4.78, 5) is 14.6. The summed E-state index contributed by atoms with van der Waals surface area (Å²) in [5, 5.41) is 13.1. The minimum Gasteiger partial charge on any atom is -0.497 e. The summed E-state index contributed by atoms with van der Waals surface area (Å²) in [6.07, 6.45) is 5.41. The molecule has 1 saturated heterocycles. The molecule has 0 amide bonds. The Morgan fingerprint density at radius 3 is 2.01 bits per heavy atom. The highest BCUT2D eigenvalue weighted by molar-refractivity contribution is 7.44. The van der Waals surface area contributed by atoms with Gasteiger partial charge in [0.1, 0.15) is 40.9 Å². The van der Waals surface area contributed by atoms with Crippen LogP contribution in [0.1, 0.15) is 103 Å². The summed E-state index contributed by atoms with van der Waals surface area (Å²) in [6, 6.07) is 28.9. The maximum Gasteiger partial charge on any atom is 0.259 e. The van der Waals surface area contributed by atoms with Crippen LogP contribution in [0.2, 0.25) is 18.1 Å². The molecular weight excluding hydrogens is 882 g/mol. The van der Waals surface area contributed by atoms with E-state index in [2.05, 4.69) is 94.7 Å². The normalized spacial score (nSPS) is 20.0. The Balaban J connectivity index is 1.40. The molecule has 67 heavy (non-hydrogen) atoms. The number of anilines is 1. The molecule has 7 rings (SSSR count). The fourth-order valence-corrected chi connectivity index (χ4v) is 11.9. The van der Waals surface area contributed by atoms with Crippen LogP contribution >= 0.6 is 8.53 Å². The van der Waals surface area contributed by atoms with E-state index >= 15 is 0 Å². The van der Waals surface area contributed by atoms with E-state index in [4.69, 9.17) is 42.4 Å². The van der Waals surface area contributed by atoms with Crippen molar-refractivity contribution < 1.29 is 32.4 Å². The van der Waals surface area contributed by atoms with Crippen LogP contribution in [0.25, 0.3) is 11.2 Å². The van der Waals surface area contributed by atoms with E-state index in [1.54, 1.807) is 26.7 Å². The lowest BCUT2D eigenvalue weighted by atomic mass is 9.80. The van der Waals surface area contributed by atoms with E-state index in [0.717, 1.165) is 41.0 Å². The van der Waals surface area contributed by atoms with Crippen LogP contribution in [-0.4, -0.2) is 96.4 Å². The zero-order valence-electron chi connectivity index (χ0n) is 41.1. The lowest BCUT2D eigenvalue weighted by molar-refractivity contribution is -0.0926. The highest BCUT2D eigenvalue weighted by Gasteiger charge is 2.54. The molecule has 2 aromatic heterocycles. The third-order valence-corrected chi connectivity index (χ3v) is 19.9. The van der Waals surface area contributed by atoms with Crippen LogP contribution < -0.4 is 14.8 Å². The van der Waals surface area contributed by atoms with E-state index in [1.807, 2.05) is 71.3 Å². The van der Waals surface area contributed by atoms with Gasteiger partial charge in [-0.25, -0.2) is 14.6 Å². The minimum atomic E-state index is -2.58. The van der Waals surface area contributed by atoms with Gasteiger partial charge in [0.2, 0.25) is 5.95 Å². The molecule has 3 aromatic carbocycles. The van der Waals surface area contributed by atoms with Gasteiger partial charge in [-0.3, -0.25) is 4.57 Å². The van der Waals surface area contributed by atoms with Gasteiger partial charge in [0.05, 0.1) is 52.4 Å². The molecule has 1 aliphatic heterocycles. The summed E-state index contributed by atoms with van der Waals surface area (Å²) in [7, 11) is -1.02. The number of benzene rings is 3. The van der Waals surface area contributed by atoms with E-state index < -0.39 is 47.0 Å². The Kier molecular flexibility index (Phi) is 16.4. The summed E-state index contributed by atoms with van der Waals surface area (Å²) in [6.45, 7) is 20.0. The number of nitrogens with one attached hydrogen (secondary N) is 1. The van der Waals surface area contributed by atoms with Crippen LogP contribution in [-0.2, 0) is 28.5 Å². The highest BCUT2D eigenvalue weighted by Crippen LogP contribution is 2.53. The Morgan fingerprint density at radius 1 is 0.866 bits per heavy atom. The molecular formula is C51H70N7O7PSi. The first kappa shape index (κ1) is 50.4. The van der Waals surface area contributed by atoms with Crippen LogP contribution in [0.3, 0.4) is 0 Å².